The van der Waals surface area contributed by atoms with E-state index in [2.05, 4.69) is 43.1 Å². The van der Waals surface area contributed by atoms with Crippen molar-refractivity contribution in [2.75, 3.05) is 13.1 Å². The molecule has 0 spiro atoms. The van der Waals surface area contributed by atoms with Crippen LogP contribution >= 0.6 is 0 Å². The molecule has 70 valence electrons. The summed E-state index contributed by atoms with van der Waals surface area (Å²) >= 11 is 0. The van der Waals surface area contributed by atoms with E-state index in [-0.39, 0.29) is 0 Å². The van der Waals surface area contributed by atoms with Crippen LogP contribution in [0.4, 0.5) is 0 Å². The molecular formula is C12H16N-. The summed E-state index contributed by atoms with van der Waals surface area (Å²) in [4.78, 5) is 2.16. The maximum absolute atomic E-state index is 3.96. The first-order valence-corrected chi connectivity index (χ1v) is 4.88. The predicted molar refractivity (Wildman–Crippen MR) is 55.5 cm³/mol. The minimum absolute atomic E-state index is 0.707. The quantitative estimate of drug-likeness (QED) is 0.591. The summed E-state index contributed by atoms with van der Waals surface area (Å²) in [6.45, 7) is 4.38. The van der Waals surface area contributed by atoms with Crippen molar-refractivity contribution < 1.29 is 0 Å². The minimum atomic E-state index is 0.707. The van der Waals surface area contributed by atoms with E-state index in [4.69, 9.17) is 0 Å². The van der Waals surface area contributed by atoms with Crippen LogP contribution in [-0.4, -0.2) is 18.0 Å². The molecule has 1 heteroatoms. The lowest BCUT2D eigenvalue weighted by Gasteiger charge is -2.16. The summed E-state index contributed by atoms with van der Waals surface area (Å²) in [7, 11) is 3.96. The number of benzene rings is 1. The number of likely N-dealkylation sites (tertiary alicyclic amines) is 1. The van der Waals surface area contributed by atoms with Crippen LogP contribution in [0.25, 0.3) is 0 Å². The largest absolute Gasteiger partial charge is 0.459 e. The van der Waals surface area contributed by atoms with Gasteiger partial charge in [0.05, 0.1) is 0 Å². The van der Waals surface area contributed by atoms with Gasteiger partial charge in [0.25, 0.3) is 0 Å². The number of aryl methyl sites for hydroxylation is 1. The van der Waals surface area contributed by atoms with Gasteiger partial charge in [-0.1, -0.05) is 29.8 Å². The van der Waals surface area contributed by atoms with Crippen molar-refractivity contribution in [1.82, 2.24) is 4.90 Å². The Morgan fingerprint density at radius 1 is 1.31 bits per heavy atom. The van der Waals surface area contributed by atoms with Crippen LogP contribution in [0.15, 0.2) is 24.3 Å². The molecule has 1 atom stereocenters. The summed E-state index contributed by atoms with van der Waals surface area (Å²) in [5, 5.41) is 0. The zero-order valence-electron chi connectivity index (χ0n) is 8.16. The van der Waals surface area contributed by atoms with E-state index in [1.807, 2.05) is 0 Å². The Morgan fingerprint density at radius 2 is 2.00 bits per heavy atom. The highest BCUT2D eigenvalue weighted by Gasteiger charge is 2.17. The van der Waals surface area contributed by atoms with Crippen LogP contribution in [0.2, 0.25) is 0 Å². The topological polar surface area (TPSA) is 3.24 Å². The summed E-state index contributed by atoms with van der Waals surface area (Å²) in [5.41, 5.74) is 2.81. The van der Waals surface area contributed by atoms with Gasteiger partial charge in [0.15, 0.2) is 0 Å². The average Bonchev–Trinajstić information content (AvgIpc) is 2.53. The minimum Gasteiger partial charge on any atom is -0.459 e. The Balaban J connectivity index is 2.13. The highest BCUT2D eigenvalue weighted by Crippen LogP contribution is 2.26. The van der Waals surface area contributed by atoms with E-state index < -0.39 is 0 Å². The molecule has 0 saturated carbocycles. The SMILES string of the molecule is [CH2-]N1CCC(c2ccc(C)cc2)C1. The second-order valence-electron chi connectivity index (χ2n) is 3.97. The van der Waals surface area contributed by atoms with Gasteiger partial charge < -0.3 is 4.90 Å². The Bertz CT molecular complexity index is 276. The fraction of sp³-hybridized carbons (Fsp3) is 0.417. The molecule has 2 rings (SSSR count). The third-order valence-corrected chi connectivity index (χ3v) is 2.82. The fourth-order valence-corrected chi connectivity index (χ4v) is 1.94. The molecular weight excluding hydrogens is 158 g/mol. The van der Waals surface area contributed by atoms with E-state index >= 15 is 0 Å². The van der Waals surface area contributed by atoms with Gasteiger partial charge in [-0.25, -0.2) is 0 Å². The van der Waals surface area contributed by atoms with Crippen LogP contribution in [0, 0.1) is 14.0 Å². The summed E-state index contributed by atoms with van der Waals surface area (Å²) in [6, 6.07) is 8.89. The van der Waals surface area contributed by atoms with Gasteiger partial charge in [0.1, 0.15) is 0 Å². The molecule has 0 radical (unpaired) electrons. The molecule has 0 aliphatic carbocycles. The van der Waals surface area contributed by atoms with Gasteiger partial charge in [-0.3, -0.25) is 7.05 Å². The molecule has 1 aliphatic heterocycles. The standard InChI is InChI=1S/C12H16N/c1-10-3-5-11(6-4-10)12-7-8-13(2)9-12/h3-6,12H,2,7-9H2,1H3/q-1. The number of hydrogen-bond donors (Lipinski definition) is 0. The van der Waals surface area contributed by atoms with Gasteiger partial charge in [-0.15, -0.1) is 0 Å². The van der Waals surface area contributed by atoms with Gasteiger partial charge in [0.2, 0.25) is 0 Å². The van der Waals surface area contributed by atoms with Crippen molar-refractivity contribution in [3.8, 4) is 0 Å². The van der Waals surface area contributed by atoms with Crippen molar-refractivity contribution in [3.63, 3.8) is 0 Å². The van der Waals surface area contributed by atoms with Gasteiger partial charge >= 0.3 is 0 Å². The van der Waals surface area contributed by atoms with Gasteiger partial charge in [-0.2, -0.15) is 0 Å². The Morgan fingerprint density at radius 3 is 2.54 bits per heavy atom. The van der Waals surface area contributed by atoms with Crippen molar-refractivity contribution in [3.05, 3.63) is 42.4 Å². The van der Waals surface area contributed by atoms with E-state index in [1.165, 1.54) is 17.5 Å². The normalized spacial score (nSPS) is 23.7. The van der Waals surface area contributed by atoms with Gasteiger partial charge in [-0.05, 0) is 37.9 Å². The first kappa shape index (κ1) is 8.76. The fourth-order valence-electron chi connectivity index (χ4n) is 1.94. The first-order valence-electron chi connectivity index (χ1n) is 4.88. The molecule has 0 bridgehead atoms. The molecule has 1 heterocycles. The highest BCUT2D eigenvalue weighted by molar-refractivity contribution is 5.25. The Labute approximate surface area is 80.4 Å². The van der Waals surface area contributed by atoms with Crippen LogP contribution in [0.1, 0.15) is 23.5 Å². The zero-order chi connectivity index (χ0) is 9.26. The average molecular weight is 174 g/mol. The summed E-state index contributed by atoms with van der Waals surface area (Å²) in [5.74, 6) is 0.707. The maximum atomic E-state index is 3.96. The van der Waals surface area contributed by atoms with Crippen LogP contribution in [0.5, 0.6) is 0 Å². The zero-order valence-corrected chi connectivity index (χ0v) is 8.16. The van der Waals surface area contributed by atoms with Crippen molar-refractivity contribution in [2.45, 2.75) is 19.3 Å². The second kappa shape index (κ2) is 3.51. The van der Waals surface area contributed by atoms with E-state index in [9.17, 15) is 0 Å². The number of hydrogen-bond acceptors (Lipinski definition) is 1. The van der Waals surface area contributed by atoms with E-state index in [0.717, 1.165) is 13.1 Å². The van der Waals surface area contributed by atoms with Crippen LogP contribution < -0.4 is 0 Å². The van der Waals surface area contributed by atoms with E-state index in [1.54, 1.807) is 0 Å². The molecule has 1 saturated heterocycles. The summed E-state index contributed by atoms with van der Waals surface area (Å²) < 4.78 is 0. The second-order valence-corrected chi connectivity index (χ2v) is 3.97. The molecule has 1 aromatic rings. The molecule has 1 unspecified atom stereocenters. The molecule has 0 amide bonds. The van der Waals surface area contributed by atoms with Crippen molar-refractivity contribution >= 4 is 0 Å². The van der Waals surface area contributed by atoms with Gasteiger partial charge in [0, 0.05) is 0 Å². The lowest BCUT2D eigenvalue weighted by atomic mass is 9.98. The molecule has 13 heavy (non-hydrogen) atoms. The predicted octanol–water partition coefficient (Wildman–Crippen LogP) is 2.58. The molecule has 0 aromatic heterocycles. The molecule has 0 N–H and O–H groups in total. The van der Waals surface area contributed by atoms with Crippen LogP contribution in [-0.2, 0) is 0 Å². The Kier molecular flexibility index (Phi) is 2.36. The number of rotatable bonds is 1. The smallest absolute Gasteiger partial charge is 0.00470 e. The lowest BCUT2D eigenvalue weighted by Crippen LogP contribution is -2.10. The van der Waals surface area contributed by atoms with Crippen molar-refractivity contribution in [2.24, 2.45) is 0 Å². The molecule has 1 aliphatic rings. The first-order chi connectivity index (χ1) is 6.25. The monoisotopic (exact) mass is 174 g/mol. The molecule has 1 fully saturated rings. The Hall–Kier alpha value is -0.820. The third kappa shape index (κ3) is 1.92. The number of nitrogens with zero attached hydrogens (tertiary/aromatic N) is 1. The highest BCUT2D eigenvalue weighted by atomic mass is 15.1. The van der Waals surface area contributed by atoms with Crippen LogP contribution in [0.3, 0.4) is 0 Å². The third-order valence-electron chi connectivity index (χ3n) is 2.82. The summed E-state index contributed by atoms with van der Waals surface area (Å²) in [6.07, 6.45) is 1.26. The van der Waals surface area contributed by atoms with E-state index in [0.29, 0.717) is 5.92 Å². The molecule has 1 nitrogen and oxygen atoms in total. The molecule has 1 aromatic carbocycles. The van der Waals surface area contributed by atoms with Crippen molar-refractivity contribution in [1.29, 1.82) is 0 Å². The lowest BCUT2D eigenvalue weighted by molar-refractivity contribution is 0.454. The maximum Gasteiger partial charge on any atom is -0.00470 e.